The zero-order chi connectivity index (χ0) is 39.6. The highest BCUT2D eigenvalue weighted by atomic mass is 15.0. The Kier molecular flexibility index (Phi) is 7.89. The molecule has 2 heterocycles. The number of hydrogen-bond acceptors (Lipinski definition) is 0. The maximum atomic E-state index is 2.46. The fourth-order valence-corrected chi connectivity index (χ4v) is 9.67. The van der Waals surface area contributed by atoms with Crippen LogP contribution in [0.1, 0.15) is 0 Å². The number of hydrogen-bond donors (Lipinski definition) is 0. The van der Waals surface area contributed by atoms with Gasteiger partial charge in [0.05, 0.1) is 33.4 Å². The van der Waals surface area contributed by atoms with E-state index in [1.165, 1.54) is 105 Å². The molecule has 2 aromatic heterocycles. The van der Waals surface area contributed by atoms with Crippen molar-refractivity contribution in [3.8, 4) is 55.9 Å². The molecule has 12 aromatic rings. The van der Waals surface area contributed by atoms with Gasteiger partial charge in [0.15, 0.2) is 0 Å². The van der Waals surface area contributed by atoms with Crippen molar-refractivity contribution in [1.82, 2.24) is 9.13 Å². The number of aromatic nitrogens is 2. The van der Waals surface area contributed by atoms with Crippen molar-refractivity contribution in [2.24, 2.45) is 0 Å². The van der Waals surface area contributed by atoms with Gasteiger partial charge in [0, 0.05) is 32.7 Å². The fourth-order valence-electron chi connectivity index (χ4n) is 9.67. The van der Waals surface area contributed by atoms with Crippen LogP contribution in [0.5, 0.6) is 0 Å². The Balaban J connectivity index is 1.02. The van der Waals surface area contributed by atoms with Crippen molar-refractivity contribution in [2.75, 3.05) is 0 Å². The zero-order valence-electron chi connectivity index (χ0n) is 32.8. The van der Waals surface area contributed by atoms with Crippen molar-refractivity contribution >= 4 is 54.4 Å². The summed E-state index contributed by atoms with van der Waals surface area (Å²) in [4.78, 5) is 0. The molecule has 0 N–H and O–H groups in total. The van der Waals surface area contributed by atoms with Crippen LogP contribution >= 0.6 is 0 Å². The molecule has 0 bridgehead atoms. The predicted molar refractivity (Wildman–Crippen MR) is 254 cm³/mol. The van der Waals surface area contributed by atoms with Gasteiger partial charge in [0.25, 0.3) is 0 Å². The molecule has 280 valence electrons. The topological polar surface area (TPSA) is 9.86 Å². The summed E-state index contributed by atoms with van der Waals surface area (Å²) < 4.78 is 4.88. The van der Waals surface area contributed by atoms with E-state index >= 15 is 0 Å². The van der Waals surface area contributed by atoms with Crippen LogP contribution in [0.15, 0.2) is 231 Å². The van der Waals surface area contributed by atoms with Crippen molar-refractivity contribution in [3.63, 3.8) is 0 Å². The van der Waals surface area contributed by atoms with Gasteiger partial charge < -0.3 is 9.13 Å². The Morgan fingerprint density at radius 1 is 0.233 bits per heavy atom. The van der Waals surface area contributed by atoms with Crippen molar-refractivity contribution < 1.29 is 0 Å². The first-order valence-electron chi connectivity index (χ1n) is 20.7. The van der Waals surface area contributed by atoms with Gasteiger partial charge in [0.1, 0.15) is 0 Å². The molecule has 0 fully saturated rings. The minimum absolute atomic E-state index is 1.16. The number of rotatable bonds is 6. The SMILES string of the molecule is c1ccc(-c2ccc(-c3cccc4cccc(-c5ccc(-c6ccccc6-n6c7ccccc7c7ccccc76)cc5)c34)cc2-n2c3ccccc3c3ccccc32)cc1. The van der Waals surface area contributed by atoms with E-state index < -0.39 is 0 Å². The highest BCUT2D eigenvalue weighted by Crippen LogP contribution is 2.42. The van der Waals surface area contributed by atoms with Crippen LogP contribution in [0.2, 0.25) is 0 Å². The Morgan fingerprint density at radius 3 is 1.18 bits per heavy atom. The van der Waals surface area contributed by atoms with Gasteiger partial charge in [-0.1, -0.05) is 194 Å². The summed E-state index contributed by atoms with van der Waals surface area (Å²) in [6, 6.07) is 84.2. The first-order chi connectivity index (χ1) is 29.8. The lowest BCUT2D eigenvalue weighted by molar-refractivity contribution is 1.18. The van der Waals surface area contributed by atoms with E-state index in [9.17, 15) is 0 Å². The first kappa shape index (κ1) is 34.1. The van der Waals surface area contributed by atoms with Crippen LogP contribution < -0.4 is 0 Å². The summed E-state index contributed by atoms with van der Waals surface area (Å²) >= 11 is 0. The van der Waals surface area contributed by atoms with E-state index in [1.54, 1.807) is 0 Å². The summed E-state index contributed by atoms with van der Waals surface area (Å²) in [6.45, 7) is 0. The highest BCUT2D eigenvalue weighted by Gasteiger charge is 2.19. The Labute approximate surface area is 348 Å². The molecule has 0 atom stereocenters. The normalized spacial score (nSPS) is 11.7. The van der Waals surface area contributed by atoms with E-state index in [0.29, 0.717) is 0 Å². The molecule has 2 heteroatoms. The second-order valence-corrected chi connectivity index (χ2v) is 15.6. The van der Waals surface area contributed by atoms with Crippen LogP contribution in [-0.2, 0) is 0 Å². The van der Waals surface area contributed by atoms with E-state index in [-0.39, 0.29) is 0 Å². The minimum Gasteiger partial charge on any atom is -0.309 e. The van der Waals surface area contributed by atoms with Crippen LogP contribution in [0.4, 0.5) is 0 Å². The minimum atomic E-state index is 1.16. The molecule has 0 saturated heterocycles. The van der Waals surface area contributed by atoms with Crippen molar-refractivity contribution in [3.05, 3.63) is 231 Å². The number of nitrogens with zero attached hydrogens (tertiary/aromatic N) is 2. The molecule has 12 rings (SSSR count). The molecular formula is C58H38N2. The maximum absolute atomic E-state index is 2.46. The third kappa shape index (κ3) is 5.35. The van der Waals surface area contributed by atoms with Gasteiger partial charge in [-0.15, -0.1) is 0 Å². The molecule has 0 amide bonds. The standard InChI is InChI=1S/C58H38N2/c1-2-16-39(17-3-1)45-37-36-43(38-57(45)60-55-30-12-7-23-50(55)51-24-8-13-31-56(51)60)47-26-15-19-42-18-14-25-46(58(42)47)41-34-32-40(33-35-41)44-20-4-9-27-52(44)59-53-28-10-5-21-48(53)49-22-6-11-29-54(49)59/h1-38H. The third-order valence-corrected chi connectivity index (χ3v) is 12.4. The summed E-state index contributed by atoms with van der Waals surface area (Å²) in [6.07, 6.45) is 0. The van der Waals surface area contributed by atoms with Crippen LogP contribution in [0.3, 0.4) is 0 Å². The van der Waals surface area contributed by atoms with Crippen molar-refractivity contribution in [1.29, 1.82) is 0 Å². The lowest BCUT2D eigenvalue weighted by Gasteiger charge is -2.18. The van der Waals surface area contributed by atoms with Gasteiger partial charge in [-0.3, -0.25) is 0 Å². The average Bonchev–Trinajstić information content (AvgIpc) is 3.84. The highest BCUT2D eigenvalue weighted by molar-refractivity contribution is 6.12. The fraction of sp³-hybridized carbons (Fsp3) is 0. The molecule has 0 aliphatic heterocycles. The summed E-state index contributed by atoms with van der Waals surface area (Å²) in [5.41, 5.74) is 16.7. The van der Waals surface area contributed by atoms with E-state index in [4.69, 9.17) is 0 Å². The van der Waals surface area contributed by atoms with Gasteiger partial charge in [-0.2, -0.15) is 0 Å². The van der Waals surface area contributed by atoms with Crippen LogP contribution in [-0.4, -0.2) is 9.13 Å². The average molecular weight is 763 g/mol. The zero-order valence-corrected chi connectivity index (χ0v) is 32.8. The van der Waals surface area contributed by atoms with Crippen molar-refractivity contribution in [2.45, 2.75) is 0 Å². The van der Waals surface area contributed by atoms with Gasteiger partial charge in [0.2, 0.25) is 0 Å². The van der Waals surface area contributed by atoms with E-state index in [1.807, 2.05) is 0 Å². The second-order valence-electron chi connectivity index (χ2n) is 15.6. The van der Waals surface area contributed by atoms with Crippen LogP contribution in [0.25, 0.3) is 110 Å². The predicted octanol–water partition coefficient (Wildman–Crippen LogP) is 15.7. The smallest absolute Gasteiger partial charge is 0.0546 e. The van der Waals surface area contributed by atoms with Gasteiger partial charge in [-0.25, -0.2) is 0 Å². The maximum Gasteiger partial charge on any atom is 0.0546 e. The van der Waals surface area contributed by atoms with Crippen LogP contribution in [0, 0.1) is 0 Å². The lowest BCUT2D eigenvalue weighted by atomic mass is 9.89. The Hall–Kier alpha value is -7.94. The molecule has 0 spiro atoms. The Morgan fingerprint density at radius 2 is 0.617 bits per heavy atom. The third-order valence-electron chi connectivity index (χ3n) is 12.4. The van der Waals surface area contributed by atoms with Gasteiger partial charge >= 0.3 is 0 Å². The molecule has 10 aromatic carbocycles. The molecule has 60 heavy (non-hydrogen) atoms. The van der Waals surface area contributed by atoms with E-state index in [0.717, 1.165) is 5.69 Å². The molecule has 0 radical (unpaired) electrons. The molecule has 0 aliphatic rings. The second kappa shape index (κ2) is 13.9. The molecular weight excluding hydrogens is 725 g/mol. The molecule has 0 aliphatic carbocycles. The largest absolute Gasteiger partial charge is 0.309 e. The first-order valence-corrected chi connectivity index (χ1v) is 20.7. The number of para-hydroxylation sites is 5. The molecule has 0 unspecified atom stereocenters. The Bertz CT molecular complexity index is 3470. The van der Waals surface area contributed by atoms with Gasteiger partial charge in [-0.05, 0) is 80.6 Å². The number of benzene rings is 10. The number of fused-ring (bicyclic) bond motifs is 7. The summed E-state index contributed by atoms with van der Waals surface area (Å²) in [5, 5.41) is 7.51. The quantitative estimate of drug-likeness (QED) is 0.160. The summed E-state index contributed by atoms with van der Waals surface area (Å²) in [5.74, 6) is 0. The summed E-state index contributed by atoms with van der Waals surface area (Å²) in [7, 11) is 0. The molecule has 2 nitrogen and oxygen atoms in total. The monoisotopic (exact) mass is 762 g/mol. The molecule has 0 saturated carbocycles. The lowest BCUT2D eigenvalue weighted by Crippen LogP contribution is -1.98. The van der Waals surface area contributed by atoms with E-state index in [2.05, 4.69) is 240 Å².